The summed E-state index contributed by atoms with van der Waals surface area (Å²) in [6.45, 7) is 0. The molecule has 0 radical (unpaired) electrons. The highest BCUT2D eigenvalue weighted by Gasteiger charge is 2.09. The van der Waals surface area contributed by atoms with Crippen LogP contribution in [-0.4, -0.2) is 18.0 Å². The summed E-state index contributed by atoms with van der Waals surface area (Å²) >= 11 is 0. The molecule has 80 valence electrons. The molecule has 1 aromatic carbocycles. The monoisotopic (exact) mass is 245 g/mol. The third-order valence-electron chi connectivity index (χ3n) is 1.88. The van der Waals surface area contributed by atoms with Gasteiger partial charge >= 0.3 is 0 Å². The second-order valence-electron chi connectivity index (χ2n) is 2.83. The summed E-state index contributed by atoms with van der Waals surface area (Å²) < 4.78 is 30.4. The lowest BCUT2D eigenvalue weighted by molar-refractivity contribution is 0.483. The highest BCUT2D eigenvalue weighted by atomic mass is 35.5. The van der Waals surface area contributed by atoms with Crippen LogP contribution in [0.4, 0.5) is 0 Å². The topological polar surface area (TPSA) is 67.3 Å². The van der Waals surface area contributed by atoms with Crippen LogP contribution in [0.3, 0.4) is 0 Å². The van der Waals surface area contributed by atoms with Crippen molar-refractivity contribution >= 4 is 33.4 Å². The molecule has 6 heteroatoms. The highest BCUT2D eigenvalue weighted by Crippen LogP contribution is 2.16. The van der Waals surface area contributed by atoms with Crippen LogP contribution in [0, 0.1) is 0 Å². The average molecular weight is 246 g/mol. The molecule has 0 aliphatic heterocycles. The van der Waals surface area contributed by atoms with Crippen LogP contribution in [0.2, 0.25) is 0 Å². The Morgan fingerprint density at radius 2 is 1.93 bits per heavy atom. The molecular weight excluding hydrogens is 238 g/mol. The maximum Gasteiger partial charge on any atom is 0.294 e. The Morgan fingerprint density at radius 1 is 1.20 bits per heavy atom. The van der Waals surface area contributed by atoms with Gasteiger partial charge in [-0.3, -0.25) is 9.54 Å². The van der Waals surface area contributed by atoms with Gasteiger partial charge < -0.3 is 0 Å². The normalized spacial score (nSPS) is 11.0. The van der Waals surface area contributed by atoms with Gasteiger partial charge in [0.15, 0.2) is 0 Å². The largest absolute Gasteiger partial charge is 0.294 e. The molecular formula is C9H8ClNO3S. The van der Waals surface area contributed by atoms with Gasteiger partial charge in [0.05, 0.1) is 10.4 Å². The summed E-state index contributed by atoms with van der Waals surface area (Å²) in [5.74, 6) is 0. The number of aromatic nitrogens is 1. The summed E-state index contributed by atoms with van der Waals surface area (Å²) in [6.07, 6.45) is 1.57. The molecule has 2 rings (SSSR count). The zero-order valence-corrected chi connectivity index (χ0v) is 9.12. The summed E-state index contributed by atoms with van der Waals surface area (Å²) in [5, 5.41) is 0.833. The SMILES string of the molecule is Cl.O=S(=O)(O)c1ccc2cccnc2c1. The van der Waals surface area contributed by atoms with Gasteiger partial charge in [-0.1, -0.05) is 12.1 Å². The van der Waals surface area contributed by atoms with Crippen LogP contribution in [-0.2, 0) is 10.1 Å². The first-order chi connectivity index (χ1) is 6.57. The molecule has 0 amide bonds. The minimum atomic E-state index is -4.13. The van der Waals surface area contributed by atoms with E-state index in [9.17, 15) is 8.42 Å². The van der Waals surface area contributed by atoms with Crippen molar-refractivity contribution in [1.82, 2.24) is 4.98 Å². The molecule has 2 aromatic rings. The van der Waals surface area contributed by atoms with Crippen molar-refractivity contribution in [3.8, 4) is 0 Å². The quantitative estimate of drug-likeness (QED) is 0.780. The Hall–Kier alpha value is -1.17. The zero-order chi connectivity index (χ0) is 10.2. The standard InChI is InChI=1S/C9H7NO3S.ClH/c11-14(12,13)8-4-3-7-2-1-5-10-9(7)6-8;/h1-6H,(H,11,12,13);1H. The van der Waals surface area contributed by atoms with Crippen LogP contribution in [0.25, 0.3) is 10.9 Å². The van der Waals surface area contributed by atoms with Gasteiger partial charge in [0.2, 0.25) is 0 Å². The Labute approximate surface area is 93.1 Å². The molecule has 1 N–H and O–H groups in total. The smallest absolute Gasteiger partial charge is 0.282 e. The molecule has 15 heavy (non-hydrogen) atoms. The first-order valence-corrected chi connectivity index (χ1v) is 5.34. The van der Waals surface area contributed by atoms with E-state index in [0.29, 0.717) is 5.52 Å². The van der Waals surface area contributed by atoms with Crippen LogP contribution >= 0.6 is 12.4 Å². The first kappa shape index (κ1) is 11.9. The third-order valence-corrected chi connectivity index (χ3v) is 2.72. The summed E-state index contributed by atoms with van der Waals surface area (Å²) in [5.41, 5.74) is 0.544. The summed E-state index contributed by atoms with van der Waals surface area (Å²) in [4.78, 5) is 3.84. The van der Waals surface area contributed by atoms with Crippen molar-refractivity contribution in [2.24, 2.45) is 0 Å². The lowest BCUT2D eigenvalue weighted by Gasteiger charge is -1.99. The molecule has 0 saturated carbocycles. The van der Waals surface area contributed by atoms with Crippen LogP contribution in [0.5, 0.6) is 0 Å². The molecule has 1 aromatic heterocycles. The zero-order valence-electron chi connectivity index (χ0n) is 7.49. The van der Waals surface area contributed by atoms with E-state index in [1.54, 1.807) is 18.3 Å². The molecule has 0 spiro atoms. The van der Waals surface area contributed by atoms with Gasteiger partial charge in [-0.05, 0) is 18.2 Å². The molecule has 0 unspecified atom stereocenters. The Kier molecular flexibility index (Phi) is 3.28. The number of fused-ring (bicyclic) bond motifs is 1. The number of rotatable bonds is 1. The van der Waals surface area contributed by atoms with Crippen molar-refractivity contribution in [3.05, 3.63) is 36.5 Å². The summed E-state index contributed by atoms with van der Waals surface area (Å²) in [6, 6.07) is 7.86. The Morgan fingerprint density at radius 3 is 2.60 bits per heavy atom. The molecule has 0 aliphatic rings. The average Bonchev–Trinajstić information content (AvgIpc) is 2.16. The van der Waals surface area contributed by atoms with E-state index in [-0.39, 0.29) is 17.3 Å². The van der Waals surface area contributed by atoms with Crippen LogP contribution < -0.4 is 0 Å². The van der Waals surface area contributed by atoms with Gasteiger partial charge in [0.25, 0.3) is 10.1 Å². The molecule has 1 heterocycles. The van der Waals surface area contributed by atoms with E-state index in [1.165, 1.54) is 12.1 Å². The van der Waals surface area contributed by atoms with E-state index < -0.39 is 10.1 Å². The second-order valence-corrected chi connectivity index (χ2v) is 4.25. The van der Waals surface area contributed by atoms with Crippen molar-refractivity contribution in [3.63, 3.8) is 0 Å². The Bertz CT molecular complexity index is 583. The molecule has 0 fully saturated rings. The number of benzene rings is 1. The van der Waals surface area contributed by atoms with Crippen molar-refractivity contribution in [2.45, 2.75) is 4.90 Å². The van der Waals surface area contributed by atoms with Gasteiger partial charge in [-0.2, -0.15) is 8.42 Å². The van der Waals surface area contributed by atoms with Crippen molar-refractivity contribution in [2.75, 3.05) is 0 Å². The van der Waals surface area contributed by atoms with E-state index in [2.05, 4.69) is 4.98 Å². The maximum absolute atomic E-state index is 10.8. The maximum atomic E-state index is 10.8. The minimum absolute atomic E-state index is 0. The van der Waals surface area contributed by atoms with Crippen LogP contribution in [0.1, 0.15) is 0 Å². The molecule has 0 atom stereocenters. The lowest BCUT2D eigenvalue weighted by atomic mass is 10.2. The number of nitrogens with zero attached hydrogens (tertiary/aromatic N) is 1. The van der Waals surface area contributed by atoms with Crippen molar-refractivity contribution in [1.29, 1.82) is 0 Å². The number of pyridine rings is 1. The summed E-state index contributed by atoms with van der Waals surface area (Å²) in [7, 11) is -4.13. The lowest BCUT2D eigenvalue weighted by Crippen LogP contribution is -1.97. The van der Waals surface area contributed by atoms with E-state index in [4.69, 9.17) is 4.55 Å². The predicted octanol–water partition coefficient (Wildman–Crippen LogP) is 1.90. The third kappa shape index (κ3) is 2.44. The second kappa shape index (κ2) is 4.14. The highest BCUT2D eigenvalue weighted by molar-refractivity contribution is 7.85. The van der Waals surface area contributed by atoms with Crippen molar-refractivity contribution < 1.29 is 13.0 Å². The minimum Gasteiger partial charge on any atom is -0.282 e. The van der Waals surface area contributed by atoms with Gasteiger partial charge in [-0.15, -0.1) is 12.4 Å². The fourth-order valence-electron chi connectivity index (χ4n) is 1.21. The van der Waals surface area contributed by atoms with Gasteiger partial charge in [0.1, 0.15) is 0 Å². The van der Waals surface area contributed by atoms with E-state index in [0.717, 1.165) is 5.39 Å². The Balaban J connectivity index is 0.00000112. The molecule has 0 aliphatic carbocycles. The van der Waals surface area contributed by atoms with E-state index in [1.807, 2.05) is 6.07 Å². The van der Waals surface area contributed by atoms with E-state index >= 15 is 0 Å². The number of halogens is 1. The fourth-order valence-corrected chi connectivity index (χ4v) is 1.71. The fraction of sp³-hybridized carbons (Fsp3) is 0. The van der Waals surface area contributed by atoms with Gasteiger partial charge in [0, 0.05) is 11.6 Å². The predicted molar refractivity (Wildman–Crippen MR) is 58.8 cm³/mol. The van der Waals surface area contributed by atoms with Crippen LogP contribution in [0.15, 0.2) is 41.4 Å². The number of hydrogen-bond donors (Lipinski definition) is 1. The number of hydrogen-bond acceptors (Lipinski definition) is 3. The van der Waals surface area contributed by atoms with Gasteiger partial charge in [-0.25, -0.2) is 0 Å². The molecule has 0 bridgehead atoms. The molecule has 4 nitrogen and oxygen atoms in total. The first-order valence-electron chi connectivity index (χ1n) is 3.90. The molecule has 0 saturated heterocycles.